The Labute approximate surface area is 31.1 Å². The molecule has 0 aromatic carbocycles. The van der Waals surface area contributed by atoms with Gasteiger partial charge in [0, 0.05) is 11.6 Å². The largest absolute Gasteiger partial charge is 0.330 e. The Morgan fingerprint density at radius 3 is 2.00 bits per heavy atom. The molecule has 4 heavy (non-hydrogen) atoms. The van der Waals surface area contributed by atoms with Crippen molar-refractivity contribution in [2.75, 3.05) is 0 Å². The minimum absolute atomic E-state index is 1.02. The van der Waals surface area contributed by atoms with E-state index in [1.54, 1.807) is 0 Å². The second kappa shape index (κ2) is 2.90. The van der Waals surface area contributed by atoms with Crippen LogP contribution in [0.2, 0.25) is 0 Å². The van der Waals surface area contributed by atoms with Crippen molar-refractivity contribution in [3.63, 3.8) is 0 Å². The molecule has 0 aliphatic heterocycles. The highest BCUT2D eigenvalue weighted by molar-refractivity contribution is 6.25. The molecule has 0 N–H and O–H groups in total. The highest BCUT2D eigenvalue weighted by Crippen LogP contribution is 1.70. The van der Waals surface area contributed by atoms with Crippen molar-refractivity contribution in [1.29, 1.82) is 0 Å². The minimum atomic E-state index is 1.02. The average molecular weight is 73.5 g/mol. The second-order valence-corrected chi connectivity index (χ2v) is 0.545. The zero-order valence-electron chi connectivity index (χ0n) is 2.03. The quantitative estimate of drug-likeness (QED) is 0.380. The molecule has 0 atom stereocenters. The van der Waals surface area contributed by atoms with E-state index in [1.165, 1.54) is 0 Å². The van der Waals surface area contributed by atoms with Crippen molar-refractivity contribution >= 4 is 11.6 Å². The maximum atomic E-state index is 6.14. The van der Waals surface area contributed by atoms with Gasteiger partial charge in [-0.05, 0) is 0 Å². The van der Waals surface area contributed by atoms with Crippen molar-refractivity contribution in [3.8, 4) is 0 Å². The molecule has 0 heterocycles. The number of allylic oxidation sites excluding steroid dienone is 1. The van der Waals surface area contributed by atoms with Crippen LogP contribution in [0.3, 0.4) is 0 Å². The van der Waals surface area contributed by atoms with Gasteiger partial charge in [0.15, 0.2) is 6.08 Å². The van der Waals surface area contributed by atoms with E-state index >= 15 is 0 Å². The van der Waals surface area contributed by atoms with Crippen LogP contribution in [0.5, 0.6) is 0 Å². The van der Waals surface area contributed by atoms with Crippen LogP contribution in [0.15, 0.2) is 11.6 Å². The van der Waals surface area contributed by atoms with E-state index in [4.69, 9.17) is 18.5 Å². The summed E-state index contributed by atoms with van der Waals surface area (Å²) >= 11 is 4.82. The molecule has 0 fully saturated rings. The fraction of sp³-hybridized carbons (Fsp3) is 0. The average Bonchev–Trinajstić information content (AvgIpc) is 1.37. The molecule has 0 aliphatic rings. The molecule has 2 radical (unpaired) electrons. The summed E-state index contributed by atoms with van der Waals surface area (Å²) in [6.45, 7) is 6.14. The minimum Gasteiger partial charge on any atom is 0.0296 e. The molecule has 0 bridgehead atoms. The van der Waals surface area contributed by atoms with Gasteiger partial charge in [0.1, 0.15) is 5.54 Å². The Hall–Kier alpha value is -0.100. The highest BCUT2D eigenvalue weighted by Gasteiger charge is 1.59. The lowest BCUT2D eigenvalue weighted by atomic mass is 10.8. The summed E-state index contributed by atoms with van der Waals surface area (Å²) in [5, 5.41) is 0. The van der Waals surface area contributed by atoms with Crippen molar-refractivity contribution in [2.45, 2.75) is 0 Å². The van der Waals surface area contributed by atoms with E-state index in [0.29, 0.717) is 0 Å². The molecular weight excluding hydrogens is 71.5 g/mol. The molecule has 0 saturated heterocycles. The predicted molar refractivity (Wildman–Crippen MR) is 18.2 cm³/mol. The lowest BCUT2D eigenvalue weighted by Gasteiger charge is -1.26. The SMILES string of the molecule is [C+]/C=C/Cl. The van der Waals surface area contributed by atoms with E-state index in [2.05, 4.69) is 0 Å². The topological polar surface area (TPSA) is 0 Å². The Morgan fingerprint density at radius 1 is 1.75 bits per heavy atom. The van der Waals surface area contributed by atoms with Crippen LogP contribution in [0.1, 0.15) is 0 Å². The fourth-order valence-electron chi connectivity index (χ4n) is 0. The van der Waals surface area contributed by atoms with E-state index in [-0.39, 0.29) is 0 Å². The van der Waals surface area contributed by atoms with E-state index in [1.807, 2.05) is 0 Å². The third-order valence-corrected chi connectivity index (χ3v) is 0.189. The van der Waals surface area contributed by atoms with Crippen LogP contribution in [0.25, 0.3) is 0 Å². The van der Waals surface area contributed by atoms with Crippen molar-refractivity contribution in [2.24, 2.45) is 0 Å². The van der Waals surface area contributed by atoms with E-state index in [9.17, 15) is 0 Å². The van der Waals surface area contributed by atoms with Gasteiger partial charge in [-0.3, -0.25) is 0 Å². The van der Waals surface area contributed by atoms with Gasteiger partial charge in [0.2, 0.25) is 0 Å². The molecule has 0 aliphatic carbocycles. The summed E-state index contributed by atoms with van der Waals surface area (Å²) in [5.74, 6) is 0. The first-order valence-electron chi connectivity index (χ1n) is 0.840. The molecule has 20 valence electrons. The van der Waals surface area contributed by atoms with Gasteiger partial charge >= 0.3 is 6.92 Å². The summed E-state index contributed by atoms with van der Waals surface area (Å²) in [5.41, 5.74) is 1.14. The zero-order chi connectivity index (χ0) is 3.41. The van der Waals surface area contributed by atoms with Crippen LogP contribution in [0.4, 0.5) is 0 Å². The van der Waals surface area contributed by atoms with Crippen molar-refractivity contribution in [3.05, 3.63) is 18.5 Å². The lowest BCUT2D eigenvalue weighted by molar-refractivity contribution is 2.15. The molecule has 0 nitrogen and oxygen atoms in total. The van der Waals surface area contributed by atoms with Gasteiger partial charge in [-0.1, -0.05) is 0 Å². The Kier molecular flexibility index (Phi) is 2.83. The molecule has 0 saturated carbocycles. The Bertz CT molecular complexity index is 18.5. The van der Waals surface area contributed by atoms with Crippen LogP contribution in [-0.2, 0) is 0 Å². The van der Waals surface area contributed by atoms with Gasteiger partial charge in [-0.25, -0.2) is 0 Å². The van der Waals surface area contributed by atoms with Crippen LogP contribution < -0.4 is 0 Å². The van der Waals surface area contributed by atoms with Gasteiger partial charge in [0.05, 0.1) is 0 Å². The Balaban J connectivity index is 2.55. The van der Waals surface area contributed by atoms with Crippen molar-refractivity contribution < 1.29 is 0 Å². The van der Waals surface area contributed by atoms with Crippen LogP contribution in [0, 0.1) is 6.92 Å². The number of hydrogen-bond donors (Lipinski definition) is 0. The zero-order valence-corrected chi connectivity index (χ0v) is 2.79. The van der Waals surface area contributed by atoms with Gasteiger partial charge < -0.3 is 0 Å². The smallest absolute Gasteiger partial charge is 0.0296 e. The third kappa shape index (κ3) is 1.90. The number of rotatable bonds is 0. The molecule has 0 amide bonds. The molecule has 1 heteroatoms. The van der Waals surface area contributed by atoms with Crippen LogP contribution in [-0.4, -0.2) is 0 Å². The van der Waals surface area contributed by atoms with Crippen molar-refractivity contribution in [1.82, 2.24) is 0 Å². The molecule has 0 rings (SSSR count). The van der Waals surface area contributed by atoms with Gasteiger partial charge in [-0.2, -0.15) is 0 Å². The first-order valence-corrected chi connectivity index (χ1v) is 1.28. The lowest BCUT2D eigenvalue weighted by Crippen LogP contribution is -1.21. The number of halogens is 1. The fourth-order valence-corrected chi connectivity index (χ4v) is 0. The molecule has 0 aromatic rings. The van der Waals surface area contributed by atoms with E-state index < -0.39 is 0 Å². The first kappa shape index (κ1) is 3.90. The first-order chi connectivity index (χ1) is 1.91. The summed E-state index contributed by atoms with van der Waals surface area (Å²) in [6, 6.07) is 0. The van der Waals surface area contributed by atoms with Gasteiger partial charge in [-0.15, -0.1) is 0 Å². The maximum Gasteiger partial charge on any atom is 0.330 e. The standard InChI is InChI=1S/C3H2Cl/c1-2-3-4/h2-3H/q+1/b3-2+. The monoisotopic (exact) mass is 73.0 g/mol. The maximum absolute atomic E-state index is 6.14. The summed E-state index contributed by atoms with van der Waals surface area (Å²) in [4.78, 5) is 0. The highest BCUT2D eigenvalue weighted by atomic mass is 35.5. The summed E-state index contributed by atoms with van der Waals surface area (Å²) < 4.78 is 0. The molecule has 0 unspecified atom stereocenters. The Morgan fingerprint density at radius 2 is 2.00 bits per heavy atom. The summed E-state index contributed by atoms with van der Waals surface area (Å²) in [7, 11) is 0. The molecular formula is C3H2Cl+. The third-order valence-electron chi connectivity index (χ3n) is 0.0630. The molecule has 0 aromatic heterocycles. The normalized spacial score (nSPS) is 9.25. The predicted octanol–water partition coefficient (Wildman–Crippen LogP) is 1.33. The van der Waals surface area contributed by atoms with Crippen LogP contribution >= 0.6 is 11.6 Å². The summed E-state index contributed by atoms with van der Waals surface area (Å²) in [6.07, 6.45) is 1.02. The molecule has 0 spiro atoms. The number of hydrogen-bond acceptors (Lipinski definition) is 0. The second-order valence-electron chi connectivity index (χ2n) is 0.293. The van der Waals surface area contributed by atoms with E-state index in [0.717, 1.165) is 11.6 Å². The van der Waals surface area contributed by atoms with Gasteiger partial charge in [0.25, 0.3) is 0 Å².